The number of benzene rings is 5. The first-order valence-electron chi connectivity index (χ1n) is 12.2. The summed E-state index contributed by atoms with van der Waals surface area (Å²) in [4.78, 5) is 2.54. The molecule has 1 aromatic heterocycles. The van der Waals surface area contributed by atoms with E-state index in [1.807, 2.05) is 11.8 Å². The zero-order valence-corrected chi connectivity index (χ0v) is 20.2. The lowest BCUT2D eigenvalue weighted by Gasteiger charge is -2.45. The Morgan fingerprint density at radius 3 is 2.28 bits per heavy atom. The van der Waals surface area contributed by atoms with Gasteiger partial charge in [-0.25, -0.2) is 0 Å². The van der Waals surface area contributed by atoms with Crippen molar-refractivity contribution in [2.45, 2.75) is 15.2 Å². The Morgan fingerprint density at radius 2 is 1.36 bits per heavy atom. The van der Waals surface area contributed by atoms with E-state index >= 15 is 0 Å². The molecule has 170 valence electrons. The Kier molecular flexibility index (Phi) is 4.11. The van der Waals surface area contributed by atoms with E-state index in [4.69, 9.17) is 4.74 Å². The van der Waals surface area contributed by atoms with Gasteiger partial charge in [-0.2, -0.15) is 0 Å². The number of nitrogens with zero attached hydrogens (tertiary/aromatic N) is 1. The number of aromatic nitrogens is 1. The second kappa shape index (κ2) is 7.39. The quantitative estimate of drug-likeness (QED) is 0.246. The minimum atomic E-state index is -0.470. The van der Waals surface area contributed by atoms with E-state index in [0.29, 0.717) is 0 Å². The zero-order chi connectivity index (χ0) is 23.7. The van der Waals surface area contributed by atoms with Gasteiger partial charge in [0.25, 0.3) is 0 Å². The number of ether oxygens (including phenoxy) is 1. The van der Waals surface area contributed by atoms with Crippen LogP contribution in [0.4, 0.5) is 0 Å². The van der Waals surface area contributed by atoms with Crippen molar-refractivity contribution in [3.05, 3.63) is 150 Å². The van der Waals surface area contributed by atoms with Gasteiger partial charge in [-0.05, 0) is 65.0 Å². The molecule has 0 bridgehead atoms. The summed E-state index contributed by atoms with van der Waals surface area (Å²) in [7, 11) is 0. The molecule has 1 atom stereocenters. The van der Waals surface area contributed by atoms with Crippen LogP contribution in [0.15, 0.2) is 137 Å². The third-order valence-corrected chi connectivity index (χ3v) is 8.68. The molecular weight excluding hydrogens is 458 g/mol. The van der Waals surface area contributed by atoms with E-state index in [9.17, 15) is 0 Å². The van der Waals surface area contributed by atoms with Crippen molar-refractivity contribution in [3.63, 3.8) is 0 Å². The van der Waals surface area contributed by atoms with Crippen molar-refractivity contribution in [1.29, 1.82) is 0 Å². The molecule has 1 unspecified atom stereocenters. The van der Waals surface area contributed by atoms with Crippen LogP contribution < -0.4 is 4.74 Å². The molecule has 3 heterocycles. The highest BCUT2D eigenvalue weighted by molar-refractivity contribution is 7.99. The standard InChI is InChI=1S/C33H21NOS/c1-2-9-24(10-3-1)34-20-19-22-17-18-23(21-27(22)34)33-25-11-4-6-13-28(25)35-29-14-8-16-31(32(29)33)36-30-15-7-5-12-26(30)33/h1-21H. The fourth-order valence-corrected chi connectivity index (χ4v) is 7.28. The highest BCUT2D eigenvalue weighted by Crippen LogP contribution is 2.62. The number of para-hydroxylation sites is 2. The summed E-state index contributed by atoms with van der Waals surface area (Å²) in [6, 6.07) is 43.6. The van der Waals surface area contributed by atoms with Gasteiger partial charge in [0.05, 0.1) is 10.9 Å². The van der Waals surface area contributed by atoms with Crippen molar-refractivity contribution in [3.8, 4) is 17.2 Å². The largest absolute Gasteiger partial charge is 0.457 e. The molecule has 0 amide bonds. The minimum absolute atomic E-state index is 0.470. The summed E-state index contributed by atoms with van der Waals surface area (Å²) in [5.41, 5.74) is 6.88. The Hall–Kier alpha value is -4.21. The first-order valence-corrected chi connectivity index (χ1v) is 13.0. The molecule has 0 radical (unpaired) electrons. The van der Waals surface area contributed by atoms with Gasteiger partial charge in [0.15, 0.2) is 0 Å². The number of hydrogen-bond donors (Lipinski definition) is 0. The van der Waals surface area contributed by atoms with E-state index < -0.39 is 5.41 Å². The third-order valence-electron chi connectivity index (χ3n) is 7.55. The molecule has 3 heteroatoms. The van der Waals surface area contributed by atoms with Gasteiger partial charge in [-0.3, -0.25) is 0 Å². The van der Waals surface area contributed by atoms with Crippen LogP contribution >= 0.6 is 11.8 Å². The summed E-state index contributed by atoms with van der Waals surface area (Å²) in [5.74, 6) is 1.86. The summed E-state index contributed by atoms with van der Waals surface area (Å²) in [5, 5.41) is 1.23. The molecule has 8 rings (SSSR count). The molecule has 0 spiro atoms. The summed E-state index contributed by atoms with van der Waals surface area (Å²) < 4.78 is 8.82. The second-order valence-electron chi connectivity index (χ2n) is 9.37. The molecule has 36 heavy (non-hydrogen) atoms. The Labute approximate surface area is 213 Å². The predicted octanol–water partition coefficient (Wildman–Crippen LogP) is 8.58. The molecule has 0 aliphatic carbocycles. The molecule has 0 saturated carbocycles. The number of hydrogen-bond acceptors (Lipinski definition) is 2. The smallest absolute Gasteiger partial charge is 0.133 e. The van der Waals surface area contributed by atoms with Crippen LogP contribution in [0.2, 0.25) is 0 Å². The summed E-state index contributed by atoms with van der Waals surface area (Å²) in [6.07, 6.45) is 2.17. The van der Waals surface area contributed by atoms with E-state index in [1.165, 1.54) is 42.9 Å². The average Bonchev–Trinajstić information content (AvgIpc) is 3.37. The van der Waals surface area contributed by atoms with Gasteiger partial charge >= 0.3 is 0 Å². The molecule has 0 N–H and O–H groups in total. The van der Waals surface area contributed by atoms with E-state index in [2.05, 4.69) is 132 Å². The first-order chi connectivity index (χ1) is 17.8. The van der Waals surface area contributed by atoms with Crippen LogP contribution in [0.5, 0.6) is 11.5 Å². The molecular formula is C33H21NOS. The van der Waals surface area contributed by atoms with Crippen LogP contribution in [0.1, 0.15) is 22.3 Å². The van der Waals surface area contributed by atoms with Crippen LogP contribution in [0.25, 0.3) is 16.6 Å². The highest BCUT2D eigenvalue weighted by atomic mass is 32.2. The van der Waals surface area contributed by atoms with Gasteiger partial charge in [0.2, 0.25) is 0 Å². The molecule has 6 aromatic rings. The highest BCUT2D eigenvalue weighted by Gasteiger charge is 2.50. The molecule has 2 nitrogen and oxygen atoms in total. The number of fused-ring (bicyclic) bond motifs is 5. The maximum absolute atomic E-state index is 6.53. The summed E-state index contributed by atoms with van der Waals surface area (Å²) in [6.45, 7) is 0. The van der Waals surface area contributed by atoms with Crippen molar-refractivity contribution < 1.29 is 4.74 Å². The lowest BCUT2D eigenvalue weighted by atomic mass is 9.63. The predicted molar refractivity (Wildman–Crippen MR) is 146 cm³/mol. The number of rotatable bonds is 2. The van der Waals surface area contributed by atoms with E-state index in [0.717, 1.165) is 17.2 Å². The van der Waals surface area contributed by atoms with E-state index in [-0.39, 0.29) is 0 Å². The third kappa shape index (κ3) is 2.58. The molecule has 2 aliphatic heterocycles. The molecule has 0 saturated heterocycles. The van der Waals surface area contributed by atoms with Gasteiger partial charge in [0, 0.05) is 32.8 Å². The van der Waals surface area contributed by atoms with Crippen LogP contribution in [0.3, 0.4) is 0 Å². The first kappa shape index (κ1) is 20.0. The SMILES string of the molecule is c1ccc(-n2ccc3ccc(C45c6ccccc6Oc6cccc(c64)Sc4ccccc45)cc32)cc1. The van der Waals surface area contributed by atoms with Gasteiger partial charge in [0.1, 0.15) is 11.5 Å². The Bertz CT molecular complexity index is 1730. The van der Waals surface area contributed by atoms with Gasteiger partial charge in [-0.1, -0.05) is 84.6 Å². The van der Waals surface area contributed by atoms with Crippen molar-refractivity contribution in [1.82, 2.24) is 4.57 Å². The molecule has 2 aliphatic rings. The van der Waals surface area contributed by atoms with Gasteiger partial charge < -0.3 is 9.30 Å². The van der Waals surface area contributed by atoms with Crippen LogP contribution in [-0.4, -0.2) is 4.57 Å². The monoisotopic (exact) mass is 479 g/mol. The fourth-order valence-electron chi connectivity index (χ4n) is 6.06. The van der Waals surface area contributed by atoms with Gasteiger partial charge in [-0.15, -0.1) is 0 Å². The molecule has 5 aromatic carbocycles. The van der Waals surface area contributed by atoms with Crippen molar-refractivity contribution in [2.75, 3.05) is 0 Å². The van der Waals surface area contributed by atoms with Crippen molar-refractivity contribution in [2.24, 2.45) is 0 Å². The zero-order valence-electron chi connectivity index (χ0n) is 19.4. The maximum atomic E-state index is 6.53. The Balaban J connectivity index is 1.52. The Morgan fingerprint density at radius 1 is 0.611 bits per heavy atom. The van der Waals surface area contributed by atoms with Crippen LogP contribution in [0, 0.1) is 0 Å². The van der Waals surface area contributed by atoms with Crippen molar-refractivity contribution >= 4 is 22.7 Å². The molecule has 0 fully saturated rings. The lowest BCUT2D eigenvalue weighted by Crippen LogP contribution is -2.36. The van der Waals surface area contributed by atoms with E-state index in [1.54, 1.807) is 0 Å². The van der Waals surface area contributed by atoms with Crippen LogP contribution in [-0.2, 0) is 5.41 Å². The summed E-state index contributed by atoms with van der Waals surface area (Å²) >= 11 is 1.84. The second-order valence-corrected chi connectivity index (χ2v) is 10.5. The topological polar surface area (TPSA) is 14.2 Å². The fraction of sp³-hybridized carbons (Fsp3) is 0.0303. The lowest BCUT2D eigenvalue weighted by molar-refractivity contribution is 0.428. The average molecular weight is 480 g/mol. The normalized spacial score (nSPS) is 17.1. The maximum Gasteiger partial charge on any atom is 0.133 e. The minimum Gasteiger partial charge on any atom is -0.457 e.